The molecule has 0 spiro atoms. The topological polar surface area (TPSA) is 110 Å². The molecule has 0 aliphatic heterocycles. The number of fused-ring (bicyclic) bond motifs is 1. The van der Waals surface area contributed by atoms with Crippen LogP contribution in [-0.2, 0) is 6.54 Å². The fourth-order valence-electron chi connectivity index (χ4n) is 3.34. The molecule has 32 heavy (non-hydrogen) atoms. The molecular formula is C23H17FN4O4. The van der Waals surface area contributed by atoms with Gasteiger partial charge in [-0.1, -0.05) is 30.3 Å². The average molecular weight is 432 g/mol. The van der Waals surface area contributed by atoms with Crippen molar-refractivity contribution in [3.05, 3.63) is 106 Å². The Bertz CT molecular complexity index is 1350. The van der Waals surface area contributed by atoms with E-state index in [4.69, 9.17) is 0 Å². The Morgan fingerprint density at radius 3 is 2.66 bits per heavy atom. The largest absolute Gasteiger partial charge is 0.507 e. The van der Waals surface area contributed by atoms with E-state index in [0.29, 0.717) is 6.54 Å². The molecule has 0 aliphatic rings. The number of nitro benzene ring substituents is 1. The second-order valence-corrected chi connectivity index (χ2v) is 7.01. The standard InChI is InChI=1S/C23H17FN4O4/c24-17-7-5-15(6-8-17)13-27-14-16(19-3-1-2-4-21(19)27)12-25-26-23(30)20-11-18(28(31)32)9-10-22(20)29/h1-12,14,29H,13H2,(H,26,30)/b25-12-. The molecule has 0 saturated heterocycles. The summed E-state index contributed by atoms with van der Waals surface area (Å²) in [4.78, 5) is 22.6. The first-order valence-electron chi connectivity index (χ1n) is 9.55. The number of nitrogens with zero attached hydrogens (tertiary/aromatic N) is 3. The lowest BCUT2D eigenvalue weighted by molar-refractivity contribution is -0.384. The Kier molecular flexibility index (Phi) is 5.63. The summed E-state index contributed by atoms with van der Waals surface area (Å²) in [6.07, 6.45) is 3.31. The first-order valence-corrected chi connectivity index (χ1v) is 9.55. The number of phenolic OH excluding ortho intramolecular Hbond substituents is 1. The molecule has 2 N–H and O–H groups in total. The number of hydrogen-bond acceptors (Lipinski definition) is 5. The fraction of sp³-hybridized carbons (Fsp3) is 0.0435. The monoisotopic (exact) mass is 432 g/mol. The molecule has 9 heteroatoms. The number of carbonyl (C=O) groups excluding carboxylic acids is 1. The molecular weight excluding hydrogens is 415 g/mol. The van der Waals surface area contributed by atoms with Gasteiger partial charge in [0.15, 0.2) is 0 Å². The lowest BCUT2D eigenvalue weighted by atomic mass is 10.1. The van der Waals surface area contributed by atoms with E-state index < -0.39 is 10.8 Å². The molecule has 0 fully saturated rings. The van der Waals surface area contributed by atoms with Crippen molar-refractivity contribution in [3.8, 4) is 5.75 Å². The molecule has 1 amide bonds. The molecule has 4 rings (SSSR count). The minimum atomic E-state index is -0.780. The maximum Gasteiger partial charge on any atom is 0.275 e. The van der Waals surface area contributed by atoms with Crippen LogP contribution in [0.15, 0.2) is 78.0 Å². The molecule has 0 bridgehead atoms. The zero-order valence-corrected chi connectivity index (χ0v) is 16.6. The number of para-hydroxylation sites is 1. The number of nitro groups is 1. The minimum Gasteiger partial charge on any atom is -0.507 e. The van der Waals surface area contributed by atoms with Crippen LogP contribution < -0.4 is 5.43 Å². The van der Waals surface area contributed by atoms with E-state index in [1.807, 2.05) is 35.0 Å². The predicted octanol–water partition coefficient (Wildman–Crippen LogP) is 4.21. The Morgan fingerprint density at radius 2 is 1.91 bits per heavy atom. The highest BCUT2D eigenvalue weighted by atomic mass is 19.1. The van der Waals surface area contributed by atoms with Crippen LogP contribution in [0.5, 0.6) is 5.75 Å². The molecule has 0 atom stereocenters. The number of benzene rings is 3. The van der Waals surface area contributed by atoms with Gasteiger partial charge in [-0.15, -0.1) is 0 Å². The molecule has 0 unspecified atom stereocenters. The number of amides is 1. The number of non-ortho nitro benzene ring substituents is 1. The van der Waals surface area contributed by atoms with Crippen molar-refractivity contribution >= 4 is 28.7 Å². The van der Waals surface area contributed by atoms with Crippen molar-refractivity contribution in [2.45, 2.75) is 6.54 Å². The Morgan fingerprint density at radius 1 is 1.16 bits per heavy atom. The molecule has 8 nitrogen and oxygen atoms in total. The molecule has 1 heterocycles. The van der Waals surface area contributed by atoms with Gasteiger partial charge in [0, 0.05) is 41.3 Å². The molecule has 0 saturated carbocycles. The highest BCUT2D eigenvalue weighted by Crippen LogP contribution is 2.23. The smallest absolute Gasteiger partial charge is 0.275 e. The van der Waals surface area contributed by atoms with Crippen molar-refractivity contribution in [2.24, 2.45) is 5.10 Å². The number of aromatic nitrogens is 1. The van der Waals surface area contributed by atoms with Crippen LogP contribution >= 0.6 is 0 Å². The number of rotatable bonds is 6. The second-order valence-electron chi connectivity index (χ2n) is 7.01. The van der Waals surface area contributed by atoms with Crippen molar-refractivity contribution in [1.82, 2.24) is 9.99 Å². The zero-order valence-electron chi connectivity index (χ0n) is 16.6. The maximum atomic E-state index is 13.2. The van der Waals surface area contributed by atoms with Crippen LogP contribution in [0.3, 0.4) is 0 Å². The van der Waals surface area contributed by atoms with E-state index in [-0.39, 0.29) is 22.8 Å². The van der Waals surface area contributed by atoms with Crippen LogP contribution in [0.4, 0.5) is 10.1 Å². The van der Waals surface area contributed by atoms with Crippen LogP contribution in [0, 0.1) is 15.9 Å². The van der Waals surface area contributed by atoms with Crippen LogP contribution in [0.2, 0.25) is 0 Å². The maximum absolute atomic E-state index is 13.2. The van der Waals surface area contributed by atoms with E-state index in [2.05, 4.69) is 10.5 Å². The van der Waals surface area contributed by atoms with E-state index in [9.17, 15) is 24.4 Å². The summed E-state index contributed by atoms with van der Waals surface area (Å²) in [6.45, 7) is 0.516. The summed E-state index contributed by atoms with van der Waals surface area (Å²) < 4.78 is 15.2. The highest BCUT2D eigenvalue weighted by Gasteiger charge is 2.16. The fourth-order valence-corrected chi connectivity index (χ4v) is 3.34. The first-order chi connectivity index (χ1) is 15.4. The summed E-state index contributed by atoms with van der Waals surface area (Å²) in [6, 6.07) is 17.0. The summed E-state index contributed by atoms with van der Waals surface area (Å²) in [5, 5.41) is 25.6. The van der Waals surface area contributed by atoms with Crippen LogP contribution in [0.1, 0.15) is 21.5 Å². The van der Waals surface area contributed by atoms with Gasteiger partial charge >= 0.3 is 0 Å². The lowest BCUT2D eigenvalue weighted by Crippen LogP contribution is -2.17. The number of nitrogens with one attached hydrogen (secondary N) is 1. The van der Waals surface area contributed by atoms with Crippen LogP contribution in [0.25, 0.3) is 10.9 Å². The number of phenols is 1. The second kappa shape index (κ2) is 8.68. The quantitative estimate of drug-likeness (QED) is 0.270. The van der Waals surface area contributed by atoms with Crippen molar-refractivity contribution in [3.63, 3.8) is 0 Å². The van der Waals surface area contributed by atoms with Crippen molar-refractivity contribution in [2.75, 3.05) is 0 Å². The van der Waals surface area contributed by atoms with E-state index in [0.717, 1.165) is 40.2 Å². The highest BCUT2D eigenvalue weighted by molar-refractivity contribution is 6.01. The Labute approximate surface area is 181 Å². The Hall–Kier alpha value is -4.53. The molecule has 0 aliphatic carbocycles. The van der Waals surface area contributed by atoms with Gasteiger partial charge in [0.25, 0.3) is 11.6 Å². The molecule has 3 aromatic carbocycles. The number of carbonyl (C=O) groups is 1. The minimum absolute atomic E-state index is 0.255. The number of aromatic hydroxyl groups is 1. The van der Waals surface area contributed by atoms with Crippen LogP contribution in [-0.4, -0.2) is 26.7 Å². The number of hydrogen-bond donors (Lipinski definition) is 2. The molecule has 1 aromatic heterocycles. The molecule has 160 valence electrons. The summed E-state index contributed by atoms with van der Waals surface area (Å²) in [5.41, 5.74) is 4.29. The van der Waals surface area contributed by atoms with E-state index in [1.54, 1.807) is 12.1 Å². The average Bonchev–Trinajstić information content (AvgIpc) is 3.13. The normalized spacial score (nSPS) is 11.2. The van der Waals surface area contributed by atoms with Gasteiger partial charge in [-0.2, -0.15) is 5.10 Å². The number of hydrazone groups is 1. The summed E-state index contributed by atoms with van der Waals surface area (Å²) >= 11 is 0. The summed E-state index contributed by atoms with van der Waals surface area (Å²) in [7, 11) is 0. The van der Waals surface area contributed by atoms with Gasteiger partial charge in [0.2, 0.25) is 0 Å². The van der Waals surface area contributed by atoms with E-state index >= 15 is 0 Å². The Balaban J connectivity index is 1.57. The SMILES string of the molecule is O=C(N/N=C\c1cn(Cc2ccc(F)cc2)c2ccccc12)c1cc([N+](=O)[O-])ccc1O. The third-order valence-electron chi connectivity index (χ3n) is 4.89. The molecule has 4 aromatic rings. The van der Waals surface area contributed by atoms with Crippen molar-refractivity contribution in [1.29, 1.82) is 0 Å². The first kappa shape index (κ1) is 20.7. The van der Waals surface area contributed by atoms with Gasteiger partial charge in [0.1, 0.15) is 11.6 Å². The van der Waals surface area contributed by atoms with Gasteiger partial charge in [0.05, 0.1) is 16.7 Å². The summed E-state index contributed by atoms with van der Waals surface area (Å²) in [5.74, 6) is -1.47. The number of halogens is 1. The van der Waals surface area contributed by atoms with E-state index in [1.165, 1.54) is 18.3 Å². The van der Waals surface area contributed by atoms with Gasteiger partial charge < -0.3 is 9.67 Å². The van der Waals surface area contributed by atoms with Gasteiger partial charge in [-0.05, 0) is 29.8 Å². The van der Waals surface area contributed by atoms with Gasteiger partial charge in [-0.3, -0.25) is 14.9 Å². The lowest BCUT2D eigenvalue weighted by Gasteiger charge is -2.05. The third-order valence-corrected chi connectivity index (χ3v) is 4.89. The third kappa shape index (κ3) is 4.31. The predicted molar refractivity (Wildman–Crippen MR) is 117 cm³/mol. The zero-order chi connectivity index (χ0) is 22.7. The molecule has 0 radical (unpaired) electrons. The van der Waals surface area contributed by atoms with Crippen molar-refractivity contribution < 1.29 is 19.2 Å². The van der Waals surface area contributed by atoms with Gasteiger partial charge in [-0.25, -0.2) is 9.82 Å².